The fourth-order valence-corrected chi connectivity index (χ4v) is 3.62. The van der Waals surface area contributed by atoms with Crippen LogP contribution in [-0.2, 0) is 6.54 Å². The Morgan fingerprint density at radius 2 is 1.57 bits per heavy atom. The van der Waals surface area contributed by atoms with E-state index in [2.05, 4.69) is 4.90 Å². The van der Waals surface area contributed by atoms with Crippen LogP contribution in [0.3, 0.4) is 0 Å². The van der Waals surface area contributed by atoms with Crippen LogP contribution in [0.15, 0.2) is 12.1 Å². The van der Waals surface area contributed by atoms with E-state index in [1.807, 2.05) is 4.90 Å². The molecule has 0 amide bonds. The van der Waals surface area contributed by atoms with Crippen LogP contribution in [0.5, 0.6) is 0 Å². The summed E-state index contributed by atoms with van der Waals surface area (Å²) in [5.74, 6) is -0.991. The fourth-order valence-electron chi connectivity index (χ4n) is 3.62. The normalized spacial score (nSPS) is 21.2. The molecular weight excluding hydrogens is 272 g/mol. The first-order valence-corrected chi connectivity index (χ1v) is 7.86. The highest BCUT2D eigenvalue weighted by Gasteiger charge is 2.28. The number of piperazine rings is 1. The largest absolute Gasteiger partial charge is 0.364 e. The number of nitrogens with two attached hydrogens (primary N) is 1. The van der Waals surface area contributed by atoms with Gasteiger partial charge in [0.2, 0.25) is 0 Å². The Morgan fingerprint density at radius 3 is 2.10 bits per heavy atom. The van der Waals surface area contributed by atoms with E-state index in [4.69, 9.17) is 5.73 Å². The maximum absolute atomic E-state index is 14.1. The van der Waals surface area contributed by atoms with Crippen molar-refractivity contribution in [3.63, 3.8) is 0 Å². The summed E-state index contributed by atoms with van der Waals surface area (Å²) in [6.07, 6.45) is 5.17. The molecule has 3 nitrogen and oxygen atoms in total. The highest BCUT2D eigenvalue weighted by molar-refractivity contribution is 5.51. The second-order valence-electron chi connectivity index (χ2n) is 6.07. The van der Waals surface area contributed by atoms with Gasteiger partial charge < -0.3 is 10.6 Å². The van der Waals surface area contributed by atoms with Crippen LogP contribution in [0.25, 0.3) is 0 Å². The van der Waals surface area contributed by atoms with Crippen molar-refractivity contribution in [2.45, 2.75) is 38.3 Å². The summed E-state index contributed by atoms with van der Waals surface area (Å²) < 4.78 is 28.3. The number of anilines is 1. The molecule has 0 spiro atoms. The van der Waals surface area contributed by atoms with E-state index >= 15 is 0 Å². The summed E-state index contributed by atoms with van der Waals surface area (Å²) in [6, 6.07) is 3.38. The Hall–Kier alpha value is -1.20. The van der Waals surface area contributed by atoms with E-state index in [0.717, 1.165) is 13.1 Å². The Labute approximate surface area is 124 Å². The molecule has 0 aromatic heterocycles. The molecule has 1 aromatic rings. The second kappa shape index (κ2) is 6.28. The zero-order valence-corrected chi connectivity index (χ0v) is 12.3. The van der Waals surface area contributed by atoms with Gasteiger partial charge in [-0.25, -0.2) is 8.78 Å². The highest BCUT2D eigenvalue weighted by Crippen LogP contribution is 2.28. The van der Waals surface area contributed by atoms with Gasteiger partial charge in [0.15, 0.2) is 0 Å². The lowest BCUT2D eigenvalue weighted by Gasteiger charge is -2.39. The third-order valence-electron chi connectivity index (χ3n) is 4.78. The van der Waals surface area contributed by atoms with Crippen molar-refractivity contribution in [3.8, 4) is 0 Å². The molecule has 2 N–H and O–H groups in total. The SMILES string of the molecule is NCc1cc(F)c(N2CCN(C3CCCC3)CC2)c(F)c1. The van der Waals surface area contributed by atoms with Crippen molar-refractivity contribution >= 4 is 5.69 Å². The van der Waals surface area contributed by atoms with Crippen LogP contribution in [0, 0.1) is 11.6 Å². The predicted octanol–water partition coefficient (Wildman–Crippen LogP) is 2.49. The smallest absolute Gasteiger partial charge is 0.149 e. The topological polar surface area (TPSA) is 32.5 Å². The van der Waals surface area contributed by atoms with E-state index in [-0.39, 0.29) is 12.2 Å². The van der Waals surface area contributed by atoms with Gasteiger partial charge in [-0.05, 0) is 30.5 Å². The van der Waals surface area contributed by atoms with Gasteiger partial charge >= 0.3 is 0 Å². The van der Waals surface area contributed by atoms with Crippen molar-refractivity contribution in [1.29, 1.82) is 0 Å². The Balaban J connectivity index is 1.69. The summed E-state index contributed by atoms with van der Waals surface area (Å²) >= 11 is 0. The zero-order valence-electron chi connectivity index (χ0n) is 12.3. The minimum Gasteiger partial charge on any atom is -0.364 e. The molecule has 0 bridgehead atoms. The van der Waals surface area contributed by atoms with E-state index in [1.54, 1.807) is 0 Å². The van der Waals surface area contributed by atoms with Gasteiger partial charge in [0.1, 0.15) is 17.3 Å². The molecule has 2 aliphatic rings. The predicted molar refractivity (Wildman–Crippen MR) is 80.3 cm³/mol. The van der Waals surface area contributed by atoms with Crippen LogP contribution >= 0.6 is 0 Å². The lowest BCUT2D eigenvalue weighted by Crippen LogP contribution is -2.50. The maximum atomic E-state index is 14.1. The van der Waals surface area contributed by atoms with Gasteiger partial charge in [-0.1, -0.05) is 12.8 Å². The number of hydrogen-bond donors (Lipinski definition) is 1. The molecule has 1 saturated heterocycles. The minimum atomic E-state index is -0.496. The van der Waals surface area contributed by atoms with Crippen molar-refractivity contribution in [3.05, 3.63) is 29.3 Å². The van der Waals surface area contributed by atoms with Gasteiger partial charge in [0.25, 0.3) is 0 Å². The summed E-state index contributed by atoms with van der Waals surface area (Å²) in [5, 5.41) is 0. The van der Waals surface area contributed by atoms with Gasteiger partial charge in [-0.3, -0.25) is 4.90 Å². The average molecular weight is 295 g/mol. The third kappa shape index (κ3) is 3.04. The van der Waals surface area contributed by atoms with Crippen LogP contribution in [0.2, 0.25) is 0 Å². The third-order valence-corrected chi connectivity index (χ3v) is 4.78. The summed E-state index contributed by atoms with van der Waals surface area (Å²) in [5.41, 5.74) is 6.06. The number of rotatable bonds is 3. The molecular formula is C16H23F2N3. The molecule has 2 fully saturated rings. The Kier molecular flexibility index (Phi) is 4.40. The van der Waals surface area contributed by atoms with Crippen molar-refractivity contribution in [2.75, 3.05) is 31.1 Å². The van der Waals surface area contributed by atoms with Crippen molar-refractivity contribution < 1.29 is 8.78 Å². The van der Waals surface area contributed by atoms with E-state index in [0.29, 0.717) is 24.7 Å². The van der Waals surface area contributed by atoms with E-state index in [9.17, 15) is 8.78 Å². The summed E-state index contributed by atoms with van der Waals surface area (Å²) in [4.78, 5) is 4.31. The first-order chi connectivity index (χ1) is 10.2. The number of benzene rings is 1. The van der Waals surface area contributed by atoms with Crippen LogP contribution < -0.4 is 10.6 Å². The molecule has 1 aliphatic heterocycles. The summed E-state index contributed by atoms with van der Waals surface area (Å²) in [7, 11) is 0. The molecule has 1 heterocycles. The summed E-state index contributed by atoms with van der Waals surface area (Å²) in [6.45, 7) is 3.31. The lowest BCUT2D eigenvalue weighted by atomic mass is 10.1. The molecule has 116 valence electrons. The molecule has 0 radical (unpaired) electrons. The van der Waals surface area contributed by atoms with Crippen LogP contribution in [-0.4, -0.2) is 37.1 Å². The first kappa shape index (κ1) is 14.7. The standard InChI is InChI=1S/C16H23F2N3/c17-14-9-12(11-19)10-15(18)16(14)21-7-5-20(6-8-21)13-3-1-2-4-13/h9-10,13H,1-8,11,19H2. The number of hydrogen-bond acceptors (Lipinski definition) is 3. The lowest BCUT2D eigenvalue weighted by molar-refractivity contribution is 0.187. The van der Waals surface area contributed by atoms with Crippen LogP contribution in [0.4, 0.5) is 14.5 Å². The Bertz CT molecular complexity index is 469. The number of halogens is 2. The Morgan fingerprint density at radius 1 is 1.00 bits per heavy atom. The van der Waals surface area contributed by atoms with Crippen molar-refractivity contribution in [2.24, 2.45) is 5.73 Å². The molecule has 0 atom stereocenters. The van der Waals surface area contributed by atoms with Gasteiger partial charge in [0, 0.05) is 38.8 Å². The second-order valence-corrected chi connectivity index (χ2v) is 6.07. The molecule has 3 rings (SSSR count). The van der Waals surface area contributed by atoms with E-state index < -0.39 is 11.6 Å². The monoisotopic (exact) mass is 295 g/mol. The van der Waals surface area contributed by atoms with Crippen molar-refractivity contribution in [1.82, 2.24) is 4.90 Å². The zero-order chi connectivity index (χ0) is 14.8. The van der Waals surface area contributed by atoms with E-state index in [1.165, 1.54) is 37.8 Å². The van der Waals surface area contributed by atoms with Gasteiger partial charge in [0.05, 0.1) is 0 Å². The first-order valence-electron chi connectivity index (χ1n) is 7.86. The molecule has 0 unspecified atom stereocenters. The van der Waals surface area contributed by atoms with Crippen LogP contribution in [0.1, 0.15) is 31.2 Å². The molecule has 5 heteroatoms. The number of nitrogens with zero attached hydrogens (tertiary/aromatic N) is 2. The minimum absolute atomic E-state index is 0.110. The van der Waals surface area contributed by atoms with Gasteiger partial charge in [-0.2, -0.15) is 0 Å². The highest BCUT2D eigenvalue weighted by atomic mass is 19.1. The molecule has 1 aliphatic carbocycles. The molecule has 1 aromatic carbocycles. The maximum Gasteiger partial charge on any atom is 0.149 e. The quantitative estimate of drug-likeness (QED) is 0.930. The van der Waals surface area contributed by atoms with Gasteiger partial charge in [-0.15, -0.1) is 0 Å². The average Bonchev–Trinajstić information content (AvgIpc) is 3.01. The fraction of sp³-hybridized carbons (Fsp3) is 0.625. The molecule has 1 saturated carbocycles. The molecule has 21 heavy (non-hydrogen) atoms.